The van der Waals surface area contributed by atoms with E-state index in [9.17, 15) is 0 Å². The molecule has 0 saturated carbocycles. The lowest BCUT2D eigenvalue weighted by Crippen LogP contribution is -2.36. The zero-order chi connectivity index (χ0) is 13.1. The van der Waals surface area contributed by atoms with Crippen molar-refractivity contribution in [3.63, 3.8) is 0 Å². The molecule has 0 radical (unpaired) electrons. The van der Waals surface area contributed by atoms with Crippen molar-refractivity contribution >= 4 is 5.84 Å². The number of nitrogens with zero attached hydrogens (tertiary/aromatic N) is 1. The number of nitrogens with one attached hydrogen (secondary N) is 1. The smallest absolute Gasteiger partial charge is 0.148 e. The standard InChI is InChI=1S/C13H19N3O2/c1-8-5-10(6-9(2)17-8)18-12-7-16-4-3-11(12)13(14)15/h3-4,7-10H,5-6H2,1-2H3,(H3,14,15). The third-order valence-electron chi connectivity index (χ3n) is 3.02. The van der Waals surface area contributed by atoms with Crippen LogP contribution in [0.1, 0.15) is 32.3 Å². The number of aromatic nitrogens is 1. The number of amidine groups is 1. The Kier molecular flexibility index (Phi) is 3.81. The summed E-state index contributed by atoms with van der Waals surface area (Å²) < 4.78 is 11.6. The SMILES string of the molecule is CC1CC(Oc2cnccc2C(=N)N)CC(C)O1. The minimum Gasteiger partial charge on any atom is -0.488 e. The fourth-order valence-corrected chi connectivity index (χ4v) is 2.32. The maximum absolute atomic E-state index is 7.52. The van der Waals surface area contributed by atoms with E-state index in [1.165, 1.54) is 0 Å². The number of rotatable bonds is 3. The van der Waals surface area contributed by atoms with Crippen LogP contribution in [-0.2, 0) is 4.74 Å². The van der Waals surface area contributed by atoms with Crippen molar-refractivity contribution < 1.29 is 9.47 Å². The molecule has 1 aromatic heterocycles. The Morgan fingerprint density at radius 3 is 2.72 bits per heavy atom. The van der Waals surface area contributed by atoms with Crippen LogP contribution in [0.4, 0.5) is 0 Å². The number of nitrogen functional groups attached to an aromatic ring is 1. The Bertz CT molecular complexity index is 426. The summed E-state index contributed by atoms with van der Waals surface area (Å²) in [4.78, 5) is 4.02. The number of ether oxygens (including phenoxy) is 2. The van der Waals surface area contributed by atoms with Gasteiger partial charge in [-0.1, -0.05) is 0 Å². The van der Waals surface area contributed by atoms with Gasteiger partial charge in [-0.15, -0.1) is 0 Å². The number of pyridine rings is 1. The van der Waals surface area contributed by atoms with Gasteiger partial charge in [0.1, 0.15) is 17.7 Å². The molecule has 5 heteroatoms. The molecule has 98 valence electrons. The van der Waals surface area contributed by atoms with E-state index >= 15 is 0 Å². The first kappa shape index (κ1) is 12.8. The molecule has 2 heterocycles. The molecule has 5 nitrogen and oxygen atoms in total. The van der Waals surface area contributed by atoms with Crippen LogP contribution in [0.25, 0.3) is 0 Å². The fourth-order valence-electron chi connectivity index (χ4n) is 2.32. The first-order valence-corrected chi connectivity index (χ1v) is 6.16. The Labute approximate surface area is 107 Å². The molecule has 0 aliphatic carbocycles. The molecule has 2 unspecified atom stereocenters. The van der Waals surface area contributed by atoms with Crippen molar-refractivity contribution in [2.45, 2.75) is 45.0 Å². The van der Waals surface area contributed by atoms with Gasteiger partial charge in [0, 0.05) is 19.0 Å². The summed E-state index contributed by atoms with van der Waals surface area (Å²) in [6, 6.07) is 1.70. The average molecular weight is 249 g/mol. The van der Waals surface area contributed by atoms with Gasteiger partial charge < -0.3 is 15.2 Å². The van der Waals surface area contributed by atoms with Crippen molar-refractivity contribution in [3.8, 4) is 5.75 Å². The maximum atomic E-state index is 7.52. The Hall–Kier alpha value is -1.62. The second-order valence-corrected chi connectivity index (χ2v) is 4.75. The van der Waals surface area contributed by atoms with Gasteiger partial charge in [0.05, 0.1) is 24.0 Å². The maximum Gasteiger partial charge on any atom is 0.148 e. The van der Waals surface area contributed by atoms with Crippen molar-refractivity contribution in [1.82, 2.24) is 4.98 Å². The van der Waals surface area contributed by atoms with Crippen molar-refractivity contribution in [2.24, 2.45) is 5.73 Å². The van der Waals surface area contributed by atoms with E-state index in [0.717, 1.165) is 12.8 Å². The summed E-state index contributed by atoms with van der Waals surface area (Å²) in [6.07, 6.45) is 5.38. The van der Waals surface area contributed by atoms with Crippen molar-refractivity contribution in [2.75, 3.05) is 0 Å². The normalized spacial score (nSPS) is 27.8. The molecule has 1 aliphatic heterocycles. The van der Waals surface area contributed by atoms with E-state index in [-0.39, 0.29) is 24.1 Å². The molecule has 0 aromatic carbocycles. The number of hydrogen-bond acceptors (Lipinski definition) is 4. The highest BCUT2D eigenvalue weighted by Crippen LogP contribution is 2.25. The van der Waals surface area contributed by atoms with E-state index in [1.54, 1.807) is 18.5 Å². The molecule has 0 amide bonds. The Balaban J connectivity index is 2.11. The zero-order valence-electron chi connectivity index (χ0n) is 10.7. The third-order valence-corrected chi connectivity index (χ3v) is 3.02. The van der Waals surface area contributed by atoms with E-state index in [0.29, 0.717) is 11.3 Å². The van der Waals surface area contributed by atoms with Gasteiger partial charge in [-0.05, 0) is 19.9 Å². The molecular formula is C13H19N3O2. The largest absolute Gasteiger partial charge is 0.488 e. The minimum atomic E-state index is 0.000515. The molecule has 2 atom stereocenters. The monoisotopic (exact) mass is 249 g/mol. The lowest BCUT2D eigenvalue weighted by atomic mass is 10.0. The third kappa shape index (κ3) is 2.98. The Morgan fingerprint density at radius 1 is 1.44 bits per heavy atom. The number of hydrogen-bond donors (Lipinski definition) is 2. The van der Waals surface area contributed by atoms with Gasteiger partial charge in [-0.2, -0.15) is 0 Å². The number of nitrogens with two attached hydrogens (primary N) is 1. The van der Waals surface area contributed by atoms with E-state index in [2.05, 4.69) is 4.98 Å². The van der Waals surface area contributed by atoms with Crippen molar-refractivity contribution in [1.29, 1.82) is 5.41 Å². The minimum absolute atomic E-state index is 0.000515. The quantitative estimate of drug-likeness (QED) is 0.631. The van der Waals surface area contributed by atoms with Gasteiger partial charge in [0.25, 0.3) is 0 Å². The molecule has 1 aromatic rings. The van der Waals surface area contributed by atoms with Gasteiger partial charge in [0.15, 0.2) is 0 Å². The van der Waals surface area contributed by atoms with Crippen LogP contribution in [0.3, 0.4) is 0 Å². The molecule has 18 heavy (non-hydrogen) atoms. The summed E-state index contributed by atoms with van der Waals surface area (Å²) in [5.74, 6) is 0.580. The average Bonchev–Trinajstić information content (AvgIpc) is 2.27. The van der Waals surface area contributed by atoms with Crippen LogP contribution in [0.15, 0.2) is 18.5 Å². The lowest BCUT2D eigenvalue weighted by molar-refractivity contribution is -0.0722. The predicted octanol–water partition coefficient (Wildman–Crippen LogP) is 1.70. The topological polar surface area (TPSA) is 81.2 Å². The lowest BCUT2D eigenvalue weighted by Gasteiger charge is -2.32. The molecule has 0 bridgehead atoms. The van der Waals surface area contributed by atoms with Crippen LogP contribution in [0, 0.1) is 5.41 Å². The van der Waals surface area contributed by atoms with Crippen LogP contribution in [-0.4, -0.2) is 29.1 Å². The second-order valence-electron chi connectivity index (χ2n) is 4.75. The van der Waals surface area contributed by atoms with Gasteiger partial charge >= 0.3 is 0 Å². The van der Waals surface area contributed by atoms with Crippen LogP contribution in [0.5, 0.6) is 5.75 Å². The first-order chi connectivity index (χ1) is 8.56. The molecule has 3 N–H and O–H groups in total. The summed E-state index contributed by atoms with van der Waals surface area (Å²) >= 11 is 0. The van der Waals surface area contributed by atoms with Crippen LogP contribution < -0.4 is 10.5 Å². The molecular weight excluding hydrogens is 230 g/mol. The Morgan fingerprint density at radius 2 is 2.11 bits per heavy atom. The molecule has 2 rings (SSSR count). The highest BCUT2D eigenvalue weighted by Gasteiger charge is 2.26. The summed E-state index contributed by atoms with van der Waals surface area (Å²) in [5.41, 5.74) is 6.12. The van der Waals surface area contributed by atoms with Crippen molar-refractivity contribution in [3.05, 3.63) is 24.0 Å². The molecule has 1 aliphatic rings. The highest BCUT2D eigenvalue weighted by atomic mass is 16.5. The highest BCUT2D eigenvalue weighted by molar-refractivity contribution is 5.97. The second kappa shape index (κ2) is 5.35. The van der Waals surface area contributed by atoms with E-state index in [4.69, 9.17) is 20.6 Å². The molecule has 1 saturated heterocycles. The fraction of sp³-hybridized carbons (Fsp3) is 0.538. The van der Waals surface area contributed by atoms with E-state index in [1.807, 2.05) is 13.8 Å². The summed E-state index contributed by atoms with van der Waals surface area (Å²) in [7, 11) is 0. The zero-order valence-corrected chi connectivity index (χ0v) is 10.7. The van der Waals surface area contributed by atoms with Crippen LogP contribution in [0.2, 0.25) is 0 Å². The van der Waals surface area contributed by atoms with Crippen LogP contribution >= 0.6 is 0 Å². The van der Waals surface area contributed by atoms with Gasteiger partial charge in [-0.25, -0.2) is 0 Å². The summed E-state index contributed by atoms with van der Waals surface area (Å²) in [6.45, 7) is 4.09. The van der Waals surface area contributed by atoms with E-state index < -0.39 is 0 Å². The van der Waals surface area contributed by atoms with Gasteiger partial charge in [-0.3, -0.25) is 10.4 Å². The first-order valence-electron chi connectivity index (χ1n) is 6.16. The van der Waals surface area contributed by atoms with Gasteiger partial charge in [0.2, 0.25) is 0 Å². The summed E-state index contributed by atoms with van der Waals surface area (Å²) in [5, 5.41) is 7.52. The molecule has 1 fully saturated rings. The predicted molar refractivity (Wildman–Crippen MR) is 68.9 cm³/mol. The molecule has 0 spiro atoms.